The van der Waals surface area contributed by atoms with Crippen LogP contribution in [0.3, 0.4) is 0 Å². The van der Waals surface area contributed by atoms with Gasteiger partial charge in [0.2, 0.25) is 0 Å². The first-order chi connectivity index (χ1) is 8.11. The third-order valence-electron chi connectivity index (χ3n) is 2.43. The maximum absolute atomic E-state index is 13.6. The van der Waals surface area contributed by atoms with E-state index in [1.165, 1.54) is 25.3 Å². The topological polar surface area (TPSA) is 29.5 Å². The van der Waals surface area contributed by atoms with E-state index in [-0.39, 0.29) is 16.9 Å². The molecule has 0 saturated carbocycles. The molecular formula is C13H10F2O2. The van der Waals surface area contributed by atoms with Gasteiger partial charge in [0, 0.05) is 17.2 Å². The minimum absolute atomic E-state index is 0.0868. The Hall–Kier alpha value is -2.10. The van der Waals surface area contributed by atoms with E-state index in [9.17, 15) is 13.9 Å². The molecule has 1 N–H and O–H groups in total. The lowest BCUT2D eigenvalue weighted by Gasteiger charge is -2.08. The summed E-state index contributed by atoms with van der Waals surface area (Å²) in [5, 5.41) is 9.66. The Labute approximate surface area is 97.1 Å². The summed E-state index contributed by atoms with van der Waals surface area (Å²) in [6.07, 6.45) is 0. The highest BCUT2D eigenvalue weighted by molar-refractivity contribution is 5.72. The molecule has 0 saturated heterocycles. The van der Waals surface area contributed by atoms with Crippen LogP contribution in [0.25, 0.3) is 11.1 Å². The zero-order valence-corrected chi connectivity index (χ0v) is 9.08. The number of rotatable bonds is 2. The smallest absolute Gasteiger partial charge is 0.134 e. The molecule has 0 amide bonds. The van der Waals surface area contributed by atoms with Crippen molar-refractivity contribution in [2.45, 2.75) is 0 Å². The molecule has 88 valence electrons. The first-order valence-electron chi connectivity index (χ1n) is 4.94. The fraction of sp³-hybridized carbons (Fsp3) is 0.0769. The summed E-state index contributed by atoms with van der Waals surface area (Å²) in [6, 6.07) is 7.63. The number of phenolic OH excluding ortho intramolecular Hbond substituents is 1. The number of hydrogen-bond donors (Lipinski definition) is 1. The highest BCUT2D eigenvalue weighted by Crippen LogP contribution is 2.34. The molecule has 4 heteroatoms. The summed E-state index contributed by atoms with van der Waals surface area (Å²) < 4.78 is 31.3. The second kappa shape index (κ2) is 4.41. The second-order valence-corrected chi connectivity index (χ2v) is 3.51. The molecule has 0 fully saturated rings. The maximum Gasteiger partial charge on any atom is 0.134 e. The Kier molecular flexibility index (Phi) is 2.95. The largest absolute Gasteiger partial charge is 0.507 e. The van der Waals surface area contributed by atoms with Gasteiger partial charge in [-0.1, -0.05) is 0 Å². The fourth-order valence-corrected chi connectivity index (χ4v) is 1.57. The van der Waals surface area contributed by atoms with Crippen molar-refractivity contribution >= 4 is 0 Å². The molecule has 2 aromatic rings. The summed E-state index contributed by atoms with van der Waals surface area (Å²) in [7, 11) is 1.47. The van der Waals surface area contributed by atoms with Crippen molar-refractivity contribution in [1.82, 2.24) is 0 Å². The third kappa shape index (κ3) is 2.20. The molecule has 0 aliphatic rings. The van der Waals surface area contributed by atoms with Gasteiger partial charge in [-0.15, -0.1) is 0 Å². The number of phenols is 1. The molecule has 0 bridgehead atoms. The van der Waals surface area contributed by atoms with Crippen LogP contribution in [-0.4, -0.2) is 12.2 Å². The van der Waals surface area contributed by atoms with Crippen LogP contribution in [0, 0.1) is 11.6 Å². The zero-order valence-electron chi connectivity index (χ0n) is 9.08. The number of ether oxygens (including phenoxy) is 1. The summed E-state index contributed by atoms with van der Waals surface area (Å²) in [6.45, 7) is 0. The quantitative estimate of drug-likeness (QED) is 0.866. The summed E-state index contributed by atoms with van der Waals surface area (Å²) in [5.74, 6) is -0.986. The van der Waals surface area contributed by atoms with Crippen LogP contribution in [0.5, 0.6) is 11.5 Å². The van der Waals surface area contributed by atoms with Crippen LogP contribution in [0.1, 0.15) is 0 Å². The average molecular weight is 236 g/mol. The number of hydrogen-bond acceptors (Lipinski definition) is 2. The van der Waals surface area contributed by atoms with Crippen molar-refractivity contribution in [1.29, 1.82) is 0 Å². The highest BCUT2D eigenvalue weighted by Gasteiger charge is 2.11. The predicted octanol–water partition coefficient (Wildman–Crippen LogP) is 3.35. The van der Waals surface area contributed by atoms with Gasteiger partial charge in [0.05, 0.1) is 7.11 Å². The van der Waals surface area contributed by atoms with Gasteiger partial charge in [-0.05, 0) is 30.3 Å². The standard InChI is InChI=1S/C13H10F2O2/c1-17-9-3-5-13(16)11(7-9)10-4-2-8(14)6-12(10)15/h2-7,16H,1H3. The average Bonchev–Trinajstić information content (AvgIpc) is 2.30. The van der Waals surface area contributed by atoms with Crippen molar-refractivity contribution in [3.63, 3.8) is 0 Å². The van der Waals surface area contributed by atoms with Crippen molar-refractivity contribution in [3.05, 3.63) is 48.0 Å². The van der Waals surface area contributed by atoms with Crippen LogP contribution in [-0.2, 0) is 0 Å². The van der Waals surface area contributed by atoms with Crippen LogP contribution < -0.4 is 4.74 Å². The summed E-state index contributed by atoms with van der Waals surface area (Å²) in [4.78, 5) is 0. The molecule has 2 rings (SSSR count). The monoisotopic (exact) mass is 236 g/mol. The van der Waals surface area contributed by atoms with Gasteiger partial charge in [-0.25, -0.2) is 8.78 Å². The predicted molar refractivity (Wildman–Crippen MR) is 60.0 cm³/mol. The highest BCUT2D eigenvalue weighted by atomic mass is 19.1. The SMILES string of the molecule is COc1ccc(O)c(-c2ccc(F)cc2F)c1. The Morgan fingerprint density at radius 2 is 1.76 bits per heavy atom. The van der Waals surface area contributed by atoms with E-state index in [4.69, 9.17) is 4.74 Å². The molecule has 2 nitrogen and oxygen atoms in total. The molecule has 0 aliphatic heterocycles. The van der Waals surface area contributed by atoms with Gasteiger partial charge in [-0.3, -0.25) is 0 Å². The normalized spacial score (nSPS) is 10.3. The molecule has 0 heterocycles. The van der Waals surface area contributed by atoms with E-state index >= 15 is 0 Å². The van der Waals surface area contributed by atoms with E-state index in [2.05, 4.69) is 0 Å². The lowest BCUT2D eigenvalue weighted by Crippen LogP contribution is -1.89. The zero-order chi connectivity index (χ0) is 12.4. The van der Waals surface area contributed by atoms with Crippen LogP contribution >= 0.6 is 0 Å². The first kappa shape index (κ1) is 11.4. The summed E-state index contributed by atoms with van der Waals surface area (Å²) >= 11 is 0. The van der Waals surface area contributed by atoms with Crippen molar-refractivity contribution < 1.29 is 18.6 Å². The molecule has 0 radical (unpaired) electrons. The molecule has 0 aromatic heterocycles. The van der Waals surface area contributed by atoms with Gasteiger partial charge < -0.3 is 9.84 Å². The molecule has 17 heavy (non-hydrogen) atoms. The first-order valence-corrected chi connectivity index (χ1v) is 4.94. The number of methoxy groups -OCH3 is 1. The van der Waals surface area contributed by atoms with E-state index in [0.29, 0.717) is 5.75 Å². The lowest BCUT2D eigenvalue weighted by atomic mass is 10.0. The Morgan fingerprint density at radius 3 is 2.41 bits per heavy atom. The minimum atomic E-state index is -0.728. The van der Waals surface area contributed by atoms with E-state index in [0.717, 1.165) is 12.1 Å². The lowest BCUT2D eigenvalue weighted by molar-refractivity contribution is 0.412. The van der Waals surface area contributed by atoms with Gasteiger partial charge >= 0.3 is 0 Å². The fourth-order valence-electron chi connectivity index (χ4n) is 1.57. The van der Waals surface area contributed by atoms with Gasteiger partial charge in [0.25, 0.3) is 0 Å². The third-order valence-corrected chi connectivity index (χ3v) is 2.43. The van der Waals surface area contributed by atoms with E-state index in [1.54, 1.807) is 6.07 Å². The van der Waals surface area contributed by atoms with Crippen LogP contribution in [0.2, 0.25) is 0 Å². The van der Waals surface area contributed by atoms with Crippen molar-refractivity contribution in [3.8, 4) is 22.6 Å². The molecular weight excluding hydrogens is 226 g/mol. The Morgan fingerprint density at radius 1 is 1.00 bits per heavy atom. The van der Waals surface area contributed by atoms with Gasteiger partial charge in [0.15, 0.2) is 0 Å². The molecule has 0 spiro atoms. The van der Waals surface area contributed by atoms with Crippen LogP contribution in [0.15, 0.2) is 36.4 Å². The van der Waals surface area contributed by atoms with Crippen molar-refractivity contribution in [2.24, 2.45) is 0 Å². The van der Waals surface area contributed by atoms with Gasteiger partial charge in [0.1, 0.15) is 23.1 Å². The van der Waals surface area contributed by atoms with E-state index < -0.39 is 11.6 Å². The van der Waals surface area contributed by atoms with Crippen molar-refractivity contribution in [2.75, 3.05) is 7.11 Å². The Bertz CT molecular complexity index is 553. The maximum atomic E-state index is 13.6. The van der Waals surface area contributed by atoms with Crippen LogP contribution in [0.4, 0.5) is 8.78 Å². The van der Waals surface area contributed by atoms with E-state index in [1.807, 2.05) is 0 Å². The summed E-state index contributed by atoms with van der Waals surface area (Å²) in [5.41, 5.74) is 0.393. The molecule has 0 atom stereocenters. The minimum Gasteiger partial charge on any atom is -0.507 e. The molecule has 0 aliphatic carbocycles. The number of benzene rings is 2. The Balaban J connectivity index is 2.59. The molecule has 0 unspecified atom stereocenters. The molecule has 2 aromatic carbocycles. The number of aromatic hydroxyl groups is 1. The second-order valence-electron chi connectivity index (χ2n) is 3.51. The van der Waals surface area contributed by atoms with Gasteiger partial charge in [-0.2, -0.15) is 0 Å². The number of halogens is 2.